The first kappa shape index (κ1) is 36.3. The van der Waals surface area contributed by atoms with Crippen LogP contribution in [-0.2, 0) is 30.5 Å². The van der Waals surface area contributed by atoms with E-state index in [4.69, 9.17) is 4.74 Å². The molecule has 0 radical (unpaired) electrons. The van der Waals surface area contributed by atoms with Crippen molar-refractivity contribution < 1.29 is 35.7 Å². The van der Waals surface area contributed by atoms with Gasteiger partial charge in [0.15, 0.2) is 16.3 Å². The molecular formula is C36H43F3O5S2Sn. The van der Waals surface area contributed by atoms with Crippen molar-refractivity contribution in [1.82, 2.24) is 0 Å². The number of esters is 1. The molecule has 1 atom stereocenters. The summed E-state index contributed by atoms with van der Waals surface area (Å²) in [5, 5.41) is -5.01. The zero-order valence-corrected chi connectivity index (χ0v) is 31.5. The van der Waals surface area contributed by atoms with Crippen molar-refractivity contribution in [1.29, 1.82) is 0 Å². The van der Waals surface area contributed by atoms with Crippen molar-refractivity contribution in [3.63, 3.8) is 0 Å². The quantitative estimate of drug-likeness (QED) is 0.0902. The first-order valence-corrected chi connectivity index (χ1v) is 28.8. The molecule has 5 nitrogen and oxygen atoms in total. The van der Waals surface area contributed by atoms with E-state index in [1.165, 1.54) is 14.7 Å². The first-order valence-electron chi connectivity index (χ1n) is 16.2. The van der Waals surface area contributed by atoms with E-state index in [1.807, 2.05) is 0 Å². The van der Waals surface area contributed by atoms with Gasteiger partial charge in [-0.1, -0.05) is 0 Å². The maximum atomic E-state index is 13.4. The van der Waals surface area contributed by atoms with Crippen LogP contribution < -0.4 is 3.58 Å². The van der Waals surface area contributed by atoms with E-state index in [9.17, 15) is 30.9 Å². The molecule has 1 unspecified atom stereocenters. The molecule has 0 spiro atoms. The Balaban J connectivity index is 0.000000185. The number of benzene rings is 3. The molecule has 0 aliphatic heterocycles. The van der Waals surface area contributed by atoms with Crippen LogP contribution in [0.3, 0.4) is 0 Å². The van der Waals surface area contributed by atoms with Gasteiger partial charge in [-0.25, -0.2) is 12.8 Å². The maximum absolute atomic E-state index is 13.4. The molecule has 4 saturated carbocycles. The molecule has 11 heteroatoms. The molecular weight excluding hydrogens is 752 g/mol. The van der Waals surface area contributed by atoms with E-state index < -0.39 is 64.3 Å². The van der Waals surface area contributed by atoms with E-state index in [1.54, 1.807) is 3.58 Å². The third-order valence-electron chi connectivity index (χ3n) is 9.69. The van der Waals surface area contributed by atoms with E-state index in [-0.39, 0.29) is 10.9 Å². The summed E-state index contributed by atoms with van der Waals surface area (Å²) in [4.78, 5) is 24.0. The normalized spacial score (nSPS) is 24.4. The molecule has 3 aromatic carbocycles. The van der Waals surface area contributed by atoms with Gasteiger partial charge in [0.2, 0.25) is 0 Å². The minimum absolute atomic E-state index is 0.0264. The van der Waals surface area contributed by atoms with Gasteiger partial charge in [0.1, 0.15) is 0 Å². The Kier molecular flexibility index (Phi) is 11.1. The summed E-state index contributed by atoms with van der Waals surface area (Å²) >= 11 is -1.98. The second-order valence-corrected chi connectivity index (χ2v) is 32.3. The number of carbonyl (C=O) groups is 1. The molecule has 4 bridgehead atoms. The van der Waals surface area contributed by atoms with Crippen LogP contribution in [0.5, 0.6) is 0 Å². The average Bonchev–Trinajstić information content (AvgIpc) is 3.01. The molecule has 3 aromatic rings. The fourth-order valence-corrected chi connectivity index (χ4v) is 13.6. The van der Waals surface area contributed by atoms with E-state index in [0.29, 0.717) is 17.8 Å². The van der Waals surface area contributed by atoms with Gasteiger partial charge in [-0.3, -0.25) is 4.79 Å². The summed E-state index contributed by atoms with van der Waals surface area (Å²) in [6.07, 6.45) is 1.31. The zero-order chi connectivity index (χ0) is 34.0. The van der Waals surface area contributed by atoms with E-state index >= 15 is 0 Å². The monoisotopic (exact) mass is 796 g/mol. The van der Waals surface area contributed by atoms with Crippen molar-refractivity contribution in [2.75, 3.05) is 6.61 Å². The summed E-state index contributed by atoms with van der Waals surface area (Å²) in [6, 6.07) is 31.1. The predicted octanol–water partition coefficient (Wildman–Crippen LogP) is 7.94. The number of hydrogen-bond acceptors (Lipinski definition) is 5. The van der Waals surface area contributed by atoms with Gasteiger partial charge in [0.05, 0.1) is 12.0 Å². The fraction of sp³-hybridized carbons (Fsp3) is 0.472. The number of rotatable bonds is 10. The van der Waals surface area contributed by atoms with Crippen LogP contribution in [0.2, 0.25) is 14.8 Å². The SMILES string of the molecule is O=C(OCCC(F)C(F)(F)S(=O)(=O)[O-])C12CC3CC(CC(C3)C1)C2.[CH3][Sn]([CH3])([CH3])[c]1ccc([S+](c2ccccc2)c2ccccc2)cc1. The van der Waals surface area contributed by atoms with Crippen LogP contribution in [0.25, 0.3) is 0 Å². The van der Waals surface area contributed by atoms with Crippen LogP contribution >= 0.6 is 0 Å². The Morgan fingerprint density at radius 2 is 1.28 bits per heavy atom. The summed E-state index contributed by atoms with van der Waals surface area (Å²) in [5.41, 5.74) is -0.590. The molecule has 0 amide bonds. The Labute approximate surface area is 283 Å². The molecule has 7 rings (SSSR count). The third kappa shape index (κ3) is 8.41. The summed E-state index contributed by atoms with van der Waals surface area (Å²) < 4.78 is 77.2. The number of alkyl halides is 3. The van der Waals surface area contributed by atoms with E-state index in [2.05, 4.69) is 99.7 Å². The van der Waals surface area contributed by atoms with Gasteiger partial charge in [0.25, 0.3) is 0 Å². The van der Waals surface area contributed by atoms with Gasteiger partial charge in [-0.05, 0) is 56.3 Å². The van der Waals surface area contributed by atoms with Gasteiger partial charge in [0, 0.05) is 6.42 Å². The Morgan fingerprint density at radius 1 is 0.851 bits per heavy atom. The van der Waals surface area contributed by atoms with Crippen molar-refractivity contribution in [3.8, 4) is 0 Å². The molecule has 0 heterocycles. The standard InChI is InChI=1S/C18H14S.C15H21F3O5S.3CH3.Sn/c1-4-10-16(11-5-1)19(17-12-6-2-7-13-17)18-14-8-3-9-15-18;16-12(15(17,18)24(20,21)22)1-2-23-13(19)14-6-9-3-10(7-14)5-11(4-9)8-14;;;;/h1-2,4-15H;9-12H,1-8H2,(H,20,21,22);3*1H3;/q+1;;;;;/p-1. The summed E-state index contributed by atoms with van der Waals surface area (Å²) in [6.45, 7) is -0.660. The molecule has 0 saturated heterocycles. The Bertz CT molecular complexity index is 1540. The van der Waals surface area contributed by atoms with Crippen molar-refractivity contribution in [2.24, 2.45) is 23.2 Å². The van der Waals surface area contributed by atoms with Crippen molar-refractivity contribution in [3.05, 3.63) is 84.9 Å². The molecule has 47 heavy (non-hydrogen) atoms. The van der Waals surface area contributed by atoms with E-state index in [0.717, 1.165) is 38.5 Å². The van der Waals surface area contributed by atoms with Gasteiger partial charge < -0.3 is 9.29 Å². The first-order chi connectivity index (χ1) is 22.1. The van der Waals surface area contributed by atoms with Crippen molar-refractivity contribution in [2.45, 2.75) is 85.9 Å². The van der Waals surface area contributed by atoms with Gasteiger partial charge in [-0.15, -0.1) is 0 Å². The van der Waals surface area contributed by atoms with Crippen LogP contribution in [0.4, 0.5) is 13.2 Å². The molecule has 4 aliphatic rings. The number of ether oxygens (including phenoxy) is 1. The van der Waals surface area contributed by atoms with Crippen LogP contribution in [-0.4, -0.2) is 55.3 Å². The minimum atomic E-state index is -6.09. The van der Waals surface area contributed by atoms with Gasteiger partial charge in [-0.2, -0.15) is 8.78 Å². The fourth-order valence-electron chi connectivity index (χ4n) is 7.71. The van der Waals surface area contributed by atoms with Crippen LogP contribution in [0, 0.1) is 23.2 Å². The van der Waals surface area contributed by atoms with Crippen molar-refractivity contribution >= 4 is 48.9 Å². The summed E-state index contributed by atoms with van der Waals surface area (Å²) in [7, 11) is -6.11. The predicted molar refractivity (Wildman–Crippen MR) is 180 cm³/mol. The third-order valence-corrected chi connectivity index (χ3v) is 18.7. The molecule has 4 aliphatic carbocycles. The molecule has 254 valence electrons. The average molecular weight is 796 g/mol. The summed E-state index contributed by atoms with van der Waals surface area (Å²) in [5.74, 6) is 0.982. The second-order valence-electron chi connectivity index (χ2n) is 14.3. The number of halogens is 3. The molecule has 0 aromatic heterocycles. The van der Waals surface area contributed by atoms with Crippen LogP contribution in [0.1, 0.15) is 44.9 Å². The molecule has 4 fully saturated rings. The van der Waals surface area contributed by atoms with Gasteiger partial charge >= 0.3 is 159 Å². The number of hydrogen-bond donors (Lipinski definition) is 0. The van der Waals surface area contributed by atoms with Crippen LogP contribution in [0.15, 0.2) is 99.6 Å². The second kappa shape index (κ2) is 14.5. The molecule has 0 N–H and O–H groups in total. The Hall–Kier alpha value is -2.02. The topological polar surface area (TPSA) is 83.5 Å². The number of carbonyl (C=O) groups excluding carboxylic acids is 1. The Morgan fingerprint density at radius 3 is 1.68 bits per heavy atom. The zero-order valence-electron chi connectivity index (χ0n) is 27.0.